The number of aliphatic hydroxyl groups is 1. The van der Waals surface area contributed by atoms with Gasteiger partial charge in [0.05, 0.1) is 41.6 Å². The maximum Gasteiger partial charge on any atom is 0.410 e. The van der Waals surface area contributed by atoms with Gasteiger partial charge in [-0.2, -0.15) is 0 Å². The third-order valence-corrected chi connectivity index (χ3v) is 10.2. The normalized spacial score (nSPS) is 14.6. The fraction of sp³-hybridized carbons (Fsp3) is 0.317. The minimum atomic E-state index is -1.23. The minimum Gasteiger partial charge on any atom is -0.481 e. The second-order valence-electron chi connectivity index (χ2n) is 14.5. The summed E-state index contributed by atoms with van der Waals surface area (Å²) in [7, 11) is 1.50. The first-order chi connectivity index (χ1) is 27.2. The Kier molecular flexibility index (Phi) is 12.5. The van der Waals surface area contributed by atoms with Gasteiger partial charge in [0.25, 0.3) is 5.56 Å². The van der Waals surface area contributed by atoms with E-state index >= 15 is 0 Å². The number of carboxylic acid groups (broad SMARTS) is 1. The number of rotatable bonds is 13. The number of amides is 2. The highest BCUT2D eigenvalue weighted by molar-refractivity contribution is 6.39. The molecular formula is C41H42Cl2N6O8. The summed E-state index contributed by atoms with van der Waals surface area (Å²) in [5, 5.41) is 24.8. The number of nitrogens with zero attached hydrogens (tertiary/aromatic N) is 4. The van der Waals surface area contributed by atoms with E-state index in [4.69, 9.17) is 37.7 Å². The van der Waals surface area contributed by atoms with Crippen LogP contribution in [0.5, 0.6) is 5.88 Å². The Bertz CT molecular complexity index is 2400. The SMILES string of the molecule is COc1nc(-c2cccc(-c3cccc(-c4ccn5c(=O)c(CNC(CO)C(=O)O)cnc5c4)c3Cl)c2Cl)ccc1CN(C[C@@H]1CCC(=O)N1)C(=O)OC(C)(C)C. The maximum absolute atomic E-state index is 13.3. The number of pyridine rings is 2. The summed E-state index contributed by atoms with van der Waals surface area (Å²) in [6.45, 7) is 5.05. The molecule has 0 bridgehead atoms. The summed E-state index contributed by atoms with van der Waals surface area (Å²) in [5.74, 6) is -0.993. The van der Waals surface area contributed by atoms with E-state index in [2.05, 4.69) is 15.6 Å². The molecule has 2 aromatic carbocycles. The first-order valence-electron chi connectivity index (χ1n) is 18.1. The lowest BCUT2D eigenvalue weighted by Crippen LogP contribution is -2.43. The molecule has 1 aliphatic heterocycles. The first-order valence-corrected chi connectivity index (χ1v) is 18.9. The van der Waals surface area contributed by atoms with E-state index < -0.39 is 30.3 Å². The van der Waals surface area contributed by atoms with Crippen molar-refractivity contribution in [3.8, 4) is 39.4 Å². The lowest BCUT2D eigenvalue weighted by molar-refractivity contribution is -0.140. The highest BCUT2D eigenvalue weighted by Gasteiger charge is 2.29. The number of hydrogen-bond acceptors (Lipinski definition) is 10. The molecular weight excluding hydrogens is 775 g/mol. The van der Waals surface area contributed by atoms with Gasteiger partial charge in [-0.25, -0.2) is 14.8 Å². The number of hydrogen-bond donors (Lipinski definition) is 4. The van der Waals surface area contributed by atoms with E-state index in [1.54, 1.807) is 50.1 Å². The van der Waals surface area contributed by atoms with Gasteiger partial charge in [0.2, 0.25) is 11.8 Å². The summed E-state index contributed by atoms with van der Waals surface area (Å²) in [6, 6.07) is 16.7. The second-order valence-corrected chi connectivity index (χ2v) is 15.3. The number of fused-ring (bicyclic) bond motifs is 1. The van der Waals surface area contributed by atoms with Crippen molar-refractivity contribution in [1.82, 2.24) is 29.9 Å². The quantitative estimate of drug-likeness (QED) is 0.110. The molecule has 5 aromatic rings. The number of nitrogens with one attached hydrogen (secondary N) is 2. The molecule has 0 radical (unpaired) electrons. The van der Waals surface area contributed by atoms with Gasteiger partial charge in [-0.1, -0.05) is 59.6 Å². The summed E-state index contributed by atoms with van der Waals surface area (Å²) in [6.07, 6.45) is 3.44. The molecule has 1 saturated heterocycles. The number of methoxy groups -OCH3 is 1. The van der Waals surface area contributed by atoms with Crippen LogP contribution < -0.4 is 20.9 Å². The van der Waals surface area contributed by atoms with Crippen LogP contribution in [0.3, 0.4) is 0 Å². The minimum absolute atomic E-state index is 0.0523. The molecule has 1 aliphatic rings. The zero-order chi connectivity index (χ0) is 41.0. The molecule has 298 valence electrons. The third kappa shape index (κ3) is 9.37. The smallest absolute Gasteiger partial charge is 0.410 e. The van der Waals surface area contributed by atoms with E-state index in [0.29, 0.717) is 73.5 Å². The van der Waals surface area contributed by atoms with Crippen molar-refractivity contribution >= 4 is 46.8 Å². The summed E-state index contributed by atoms with van der Waals surface area (Å²) in [4.78, 5) is 60.4. The molecule has 6 rings (SSSR count). The van der Waals surface area contributed by atoms with E-state index in [1.807, 2.05) is 42.5 Å². The van der Waals surface area contributed by atoms with Crippen molar-refractivity contribution in [1.29, 1.82) is 0 Å². The van der Waals surface area contributed by atoms with Crippen LogP contribution in [0.25, 0.3) is 39.2 Å². The predicted molar refractivity (Wildman–Crippen MR) is 215 cm³/mol. The van der Waals surface area contributed by atoms with Crippen LogP contribution in [-0.4, -0.2) is 85.4 Å². The van der Waals surface area contributed by atoms with Gasteiger partial charge in [-0.15, -0.1) is 0 Å². The Morgan fingerprint density at radius 3 is 2.33 bits per heavy atom. The Morgan fingerprint density at radius 1 is 1.02 bits per heavy atom. The number of ether oxygens (including phenoxy) is 2. The van der Waals surface area contributed by atoms with Crippen LogP contribution in [0, 0.1) is 0 Å². The van der Waals surface area contributed by atoms with E-state index in [9.17, 15) is 29.4 Å². The number of benzene rings is 2. The Balaban J connectivity index is 1.28. The van der Waals surface area contributed by atoms with Gasteiger partial charge in [0.1, 0.15) is 17.3 Å². The highest BCUT2D eigenvalue weighted by Crippen LogP contribution is 2.42. The topological polar surface area (TPSA) is 185 Å². The molecule has 0 spiro atoms. The number of carbonyl (C=O) groups is 3. The summed E-state index contributed by atoms with van der Waals surface area (Å²) in [5.41, 5.74) is 3.91. The fourth-order valence-corrected chi connectivity index (χ4v) is 7.16. The first kappa shape index (κ1) is 41.1. The van der Waals surface area contributed by atoms with Crippen LogP contribution >= 0.6 is 23.2 Å². The summed E-state index contributed by atoms with van der Waals surface area (Å²) < 4.78 is 12.8. The average Bonchev–Trinajstić information content (AvgIpc) is 3.59. The molecule has 2 amide bonds. The number of aliphatic hydroxyl groups excluding tert-OH is 1. The fourth-order valence-electron chi connectivity index (χ4n) is 6.50. The number of carbonyl (C=O) groups excluding carboxylic acids is 2. The number of halogens is 2. The van der Waals surface area contributed by atoms with Crippen molar-refractivity contribution in [2.24, 2.45) is 0 Å². The van der Waals surface area contributed by atoms with Crippen LogP contribution in [0.2, 0.25) is 10.0 Å². The van der Waals surface area contributed by atoms with Crippen molar-refractivity contribution in [3.05, 3.63) is 105 Å². The van der Waals surface area contributed by atoms with Gasteiger partial charge in [0.15, 0.2) is 0 Å². The molecule has 3 aromatic heterocycles. The van der Waals surface area contributed by atoms with Crippen LogP contribution in [0.1, 0.15) is 44.7 Å². The molecule has 0 saturated carbocycles. The standard InChI is InChI=1S/C41H42Cl2N6O8/c1-41(2,3)57-40(55)48(21-26-12-14-34(51)46-26)20-24-11-13-31(47-37(24)56-4)30-10-6-9-29(36(30)43)28-8-5-7-27(35(28)42)23-15-16-49-33(17-23)45-19-25(38(49)52)18-44-32(22-50)39(53)54/h5-11,13,15-17,19,26,32,44,50H,12,14,18,20-22H2,1-4H3,(H,46,51)(H,53,54)/t26-,32?/m0/s1. The van der Waals surface area contributed by atoms with E-state index in [0.717, 1.165) is 0 Å². The Morgan fingerprint density at radius 2 is 1.70 bits per heavy atom. The number of carboxylic acids is 1. The van der Waals surface area contributed by atoms with Gasteiger partial charge in [-0.3, -0.25) is 24.1 Å². The van der Waals surface area contributed by atoms with Crippen LogP contribution in [-0.2, 0) is 27.4 Å². The lowest BCUT2D eigenvalue weighted by atomic mass is 9.97. The van der Waals surface area contributed by atoms with Crippen molar-refractivity contribution in [2.45, 2.75) is 64.4 Å². The highest BCUT2D eigenvalue weighted by atomic mass is 35.5. The number of aliphatic carboxylic acids is 1. The van der Waals surface area contributed by atoms with Crippen LogP contribution in [0.4, 0.5) is 4.79 Å². The molecule has 16 heteroatoms. The van der Waals surface area contributed by atoms with Crippen molar-refractivity contribution < 1.29 is 34.1 Å². The van der Waals surface area contributed by atoms with Gasteiger partial charge < -0.3 is 29.9 Å². The average molecular weight is 818 g/mol. The molecule has 4 N–H and O–H groups in total. The lowest BCUT2D eigenvalue weighted by Gasteiger charge is -2.29. The maximum atomic E-state index is 13.3. The largest absolute Gasteiger partial charge is 0.481 e. The molecule has 1 fully saturated rings. The molecule has 4 heterocycles. The van der Waals surface area contributed by atoms with Gasteiger partial charge in [0, 0.05) is 65.8 Å². The third-order valence-electron chi connectivity index (χ3n) is 9.35. The molecule has 1 unspecified atom stereocenters. The number of aromatic nitrogens is 3. The zero-order valence-electron chi connectivity index (χ0n) is 31.7. The molecule has 0 aliphatic carbocycles. The Hall–Kier alpha value is -5.54. The molecule has 2 atom stereocenters. The zero-order valence-corrected chi connectivity index (χ0v) is 33.2. The Labute approximate surface area is 338 Å². The van der Waals surface area contributed by atoms with Crippen molar-refractivity contribution in [2.75, 3.05) is 20.3 Å². The van der Waals surface area contributed by atoms with E-state index in [-0.39, 0.29) is 42.7 Å². The monoisotopic (exact) mass is 816 g/mol. The second kappa shape index (κ2) is 17.3. The predicted octanol–water partition coefficient (Wildman–Crippen LogP) is 5.96. The van der Waals surface area contributed by atoms with Gasteiger partial charge >= 0.3 is 12.1 Å². The van der Waals surface area contributed by atoms with E-state index in [1.165, 1.54) is 17.7 Å². The van der Waals surface area contributed by atoms with Crippen LogP contribution in [0.15, 0.2) is 77.9 Å². The summed E-state index contributed by atoms with van der Waals surface area (Å²) >= 11 is 14.2. The van der Waals surface area contributed by atoms with Gasteiger partial charge in [-0.05, 0) is 57.0 Å². The van der Waals surface area contributed by atoms with Crippen molar-refractivity contribution in [3.63, 3.8) is 0 Å². The molecule has 57 heavy (non-hydrogen) atoms. The molecule has 14 nitrogen and oxygen atoms in total.